The van der Waals surface area contributed by atoms with Gasteiger partial charge in [0.05, 0.1) is 5.60 Å². The van der Waals surface area contributed by atoms with Gasteiger partial charge in [0.15, 0.2) is 0 Å². The van der Waals surface area contributed by atoms with Crippen molar-refractivity contribution in [1.82, 2.24) is 10.2 Å². The Morgan fingerprint density at radius 1 is 1.31 bits per heavy atom. The van der Waals surface area contributed by atoms with E-state index in [0.29, 0.717) is 0 Å². The summed E-state index contributed by atoms with van der Waals surface area (Å²) in [6, 6.07) is 0. The summed E-state index contributed by atoms with van der Waals surface area (Å²) < 4.78 is 0. The van der Waals surface area contributed by atoms with Crippen molar-refractivity contribution in [3.63, 3.8) is 0 Å². The van der Waals surface area contributed by atoms with E-state index >= 15 is 0 Å². The number of hydrogen-bond donors (Lipinski definition) is 2. The van der Waals surface area contributed by atoms with Gasteiger partial charge in [-0.15, -0.1) is 0 Å². The van der Waals surface area contributed by atoms with Crippen molar-refractivity contribution in [2.75, 3.05) is 33.7 Å². The molecule has 0 aromatic heterocycles. The third-order valence-electron chi connectivity index (χ3n) is 2.78. The van der Waals surface area contributed by atoms with Crippen molar-refractivity contribution in [2.24, 2.45) is 0 Å². The molecule has 1 heterocycles. The van der Waals surface area contributed by atoms with E-state index in [0.717, 1.165) is 45.3 Å². The lowest BCUT2D eigenvalue weighted by molar-refractivity contribution is -0.000414. The van der Waals surface area contributed by atoms with Crippen LogP contribution in [-0.2, 0) is 0 Å². The summed E-state index contributed by atoms with van der Waals surface area (Å²) in [5.74, 6) is 0. The second-order valence-electron chi connectivity index (χ2n) is 4.38. The summed E-state index contributed by atoms with van der Waals surface area (Å²) in [6.07, 6.45) is 3.89. The second kappa shape index (κ2) is 4.94. The third-order valence-corrected chi connectivity index (χ3v) is 2.78. The molecule has 1 aliphatic rings. The standard InChI is InChI=1S/C10H22N2O/c1-12(2)9-3-4-10(13)5-7-11-8-6-10/h11,13H,3-9H2,1-2H3. The van der Waals surface area contributed by atoms with Crippen molar-refractivity contribution in [3.05, 3.63) is 0 Å². The monoisotopic (exact) mass is 186 g/mol. The smallest absolute Gasteiger partial charge is 0.0672 e. The van der Waals surface area contributed by atoms with Crippen molar-refractivity contribution in [1.29, 1.82) is 0 Å². The van der Waals surface area contributed by atoms with Gasteiger partial charge in [0.25, 0.3) is 0 Å². The van der Waals surface area contributed by atoms with Gasteiger partial charge in [0, 0.05) is 0 Å². The Labute approximate surface area is 81.1 Å². The fourth-order valence-corrected chi connectivity index (χ4v) is 1.87. The first-order valence-corrected chi connectivity index (χ1v) is 5.20. The van der Waals surface area contributed by atoms with Gasteiger partial charge >= 0.3 is 0 Å². The minimum absolute atomic E-state index is 0.374. The van der Waals surface area contributed by atoms with Gasteiger partial charge in [0.1, 0.15) is 0 Å². The van der Waals surface area contributed by atoms with Crippen molar-refractivity contribution >= 4 is 0 Å². The molecule has 0 spiro atoms. The van der Waals surface area contributed by atoms with Crippen LogP contribution in [0.1, 0.15) is 25.7 Å². The highest BCUT2D eigenvalue weighted by Gasteiger charge is 2.27. The van der Waals surface area contributed by atoms with E-state index in [1.54, 1.807) is 0 Å². The van der Waals surface area contributed by atoms with Gasteiger partial charge in [-0.05, 0) is 59.4 Å². The number of nitrogens with one attached hydrogen (secondary N) is 1. The van der Waals surface area contributed by atoms with Crippen LogP contribution in [0.5, 0.6) is 0 Å². The molecule has 3 nitrogen and oxygen atoms in total. The minimum atomic E-state index is -0.374. The SMILES string of the molecule is CN(C)CCCC1(O)CCNCC1. The van der Waals surface area contributed by atoms with E-state index in [1.165, 1.54) is 0 Å². The highest BCUT2D eigenvalue weighted by Crippen LogP contribution is 2.23. The molecule has 1 aliphatic heterocycles. The van der Waals surface area contributed by atoms with Gasteiger partial charge in [-0.1, -0.05) is 0 Å². The first kappa shape index (κ1) is 11.0. The molecule has 1 rings (SSSR count). The summed E-state index contributed by atoms with van der Waals surface area (Å²) in [5.41, 5.74) is -0.374. The lowest BCUT2D eigenvalue weighted by Crippen LogP contribution is -2.42. The van der Waals surface area contributed by atoms with E-state index < -0.39 is 0 Å². The third kappa shape index (κ3) is 4.07. The van der Waals surface area contributed by atoms with Gasteiger partial charge in [-0.25, -0.2) is 0 Å². The second-order valence-corrected chi connectivity index (χ2v) is 4.38. The van der Waals surface area contributed by atoms with Crippen LogP contribution in [0.4, 0.5) is 0 Å². The van der Waals surface area contributed by atoms with E-state index in [2.05, 4.69) is 24.3 Å². The maximum Gasteiger partial charge on any atom is 0.0672 e. The quantitative estimate of drug-likeness (QED) is 0.669. The molecule has 0 unspecified atom stereocenters. The van der Waals surface area contributed by atoms with Crippen LogP contribution in [0.2, 0.25) is 0 Å². The van der Waals surface area contributed by atoms with Crippen LogP contribution < -0.4 is 5.32 Å². The lowest BCUT2D eigenvalue weighted by atomic mass is 9.88. The van der Waals surface area contributed by atoms with Gasteiger partial charge in [-0.2, -0.15) is 0 Å². The topological polar surface area (TPSA) is 35.5 Å². The van der Waals surface area contributed by atoms with E-state index in [1.807, 2.05) is 0 Å². The highest BCUT2D eigenvalue weighted by molar-refractivity contribution is 4.84. The molecule has 0 aromatic rings. The van der Waals surface area contributed by atoms with E-state index in [4.69, 9.17) is 0 Å². The first-order valence-electron chi connectivity index (χ1n) is 5.20. The van der Waals surface area contributed by atoms with Gasteiger partial charge < -0.3 is 15.3 Å². The molecule has 1 saturated heterocycles. The molecule has 0 radical (unpaired) electrons. The summed E-state index contributed by atoms with van der Waals surface area (Å²) in [4.78, 5) is 2.17. The summed E-state index contributed by atoms with van der Waals surface area (Å²) in [7, 11) is 4.15. The Balaban J connectivity index is 2.17. The number of piperidine rings is 1. The normalized spacial score (nSPS) is 22.2. The maximum atomic E-state index is 10.1. The average Bonchev–Trinajstić information content (AvgIpc) is 2.04. The molecule has 0 amide bonds. The van der Waals surface area contributed by atoms with E-state index in [9.17, 15) is 5.11 Å². The van der Waals surface area contributed by atoms with Crippen LogP contribution in [0.3, 0.4) is 0 Å². The van der Waals surface area contributed by atoms with Crippen LogP contribution in [0, 0.1) is 0 Å². The van der Waals surface area contributed by atoms with Crippen molar-refractivity contribution in [3.8, 4) is 0 Å². The Hall–Kier alpha value is -0.120. The fraction of sp³-hybridized carbons (Fsp3) is 1.00. The lowest BCUT2D eigenvalue weighted by Gasteiger charge is -2.32. The molecule has 13 heavy (non-hydrogen) atoms. The Kier molecular flexibility index (Phi) is 4.16. The van der Waals surface area contributed by atoms with Crippen LogP contribution >= 0.6 is 0 Å². The molecule has 78 valence electrons. The number of aliphatic hydroxyl groups is 1. The average molecular weight is 186 g/mol. The molecule has 0 aromatic carbocycles. The number of nitrogens with zero attached hydrogens (tertiary/aromatic N) is 1. The maximum absolute atomic E-state index is 10.1. The van der Waals surface area contributed by atoms with Gasteiger partial charge in [0.2, 0.25) is 0 Å². The summed E-state index contributed by atoms with van der Waals surface area (Å²) >= 11 is 0. The zero-order chi connectivity index (χ0) is 9.73. The number of hydrogen-bond acceptors (Lipinski definition) is 3. The van der Waals surface area contributed by atoms with E-state index in [-0.39, 0.29) is 5.60 Å². The molecular weight excluding hydrogens is 164 g/mol. The molecule has 1 fully saturated rings. The summed E-state index contributed by atoms with van der Waals surface area (Å²) in [5, 5.41) is 13.4. The van der Waals surface area contributed by atoms with Crippen molar-refractivity contribution < 1.29 is 5.11 Å². The Bertz CT molecular complexity index is 142. The number of rotatable bonds is 4. The predicted octanol–water partition coefficient (Wildman–Crippen LogP) is 0.443. The Morgan fingerprint density at radius 2 is 1.92 bits per heavy atom. The zero-order valence-corrected chi connectivity index (χ0v) is 8.84. The molecule has 3 heteroatoms. The van der Waals surface area contributed by atoms with Crippen LogP contribution in [0.25, 0.3) is 0 Å². The van der Waals surface area contributed by atoms with Crippen molar-refractivity contribution in [2.45, 2.75) is 31.3 Å². The fourth-order valence-electron chi connectivity index (χ4n) is 1.87. The Morgan fingerprint density at radius 3 is 2.46 bits per heavy atom. The van der Waals surface area contributed by atoms with Crippen LogP contribution in [0.15, 0.2) is 0 Å². The molecule has 0 saturated carbocycles. The molecule has 2 N–H and O–H groups in total. The molecule has 0 atom stereocenters. The zero-order valence-electron chi connectivity index (χ0n) is 8.84. The van der Waals surface area contributed by atoms with Gasteiger partial charge in [-0.3, -0.25) is 0 Å². The van der Waals surface area contributed by atoms with Crippen LogP contribution in [-0.4, -0.2) is 49.3 Å². The molecular formula is C10H22N2O. The molecule has 0 bridgehead atoms. The summed E-state index contributed by atoms with van der Waals surface area (Å²) in [6.45, 7) is 3.02. The minimum Gasteiger partial charge on any atom is -0.390 e. The predicted molar refractivity (Wildman–Crippen MR) is 54.8 cm³/mol. The highest BCUT2D eigenvalue weighted by atomic mass is 16.3. The first-order chi connectivity index (χ1) is 6.12. The molecule has 0 aliphatic carbocycles. The largest absolute Gasteiger partial charge is 0.390 e.